The maximum absolute atomic E-state index is 13.8. The molecule has 5 fully saturated rings. The average Bonchev–Trinajstić information content (AvgIpc) is 3.31. The number of nitrogens with two attached hydrogens (primary N) is 1. The van der Waals surface area contributed by atoms with E-state index >= 15 is 0 Å². The van der Waals surface area contributed by atoms with E-state index in [1.165, 1.54) is 18.4 Å². The summed E-state index contributed by atoms with van der Waals surface area (Å²) in [6.07, 6.45) is 10.8. The summed E-state index contributed by atoms with van der Waals surface area (Å²) in [5.41, 5.74) is 8.74. The zero-order valence-corrected chi connectivity index (χ0v) is 32.7. The monoisotopic (exact) mass is 693 g/mol. The fourth-order valence-electron chi connectivity index (χ4n) is 13.8. The lowest BCUT2D eigenvalue weighted by Gasteiger charge is -2.69. The molecule has 6 rings (SSSR count). The van der Waals surface area contributed by atoms with Gasteiger partial charge in [-0.15, -0.1) is 0 Å². The summed E-state index contributed by atoms with van der Waals surface area (Å²) < 4.78 is 0. The highest BCUT2D eigenvalue weighted by Gasteiger charge is 2.66. The lowest BCUT2D eigenvalue weighted by molar-refractivity contribution is -0.193. The third-order valence-corrected chi connectivity index (χ3v) is 16.8. The Balaban J connectivity index is 1.22. The average molecular weight is 693 g/mol. The van der Waals surface area contributed by atoms with Crippen molar-refractivity contribution < 1.29 is 24.3 Å². The van der Waals surface area contributed by atoms with Crippen LogP contribution in [0.4, 0.5) is 0 Å². The number of allylic oxidation sites excluding steroid dienone is 2. The van der Waals surface area contributed by atoms with Gasteiger partial charge in [0.25, 0.3) is 0 Å². The van der Waals surface area contributed by atoms with Crippen molar-refractivity contribution >= 4 is 23.4 Å². The van der Waals surface area contributed by atoms with Crippen molar-refractivity contribution in [2.24, 2.45) is 86.6 Å². The zero-order chi connectivity index (χ0) is 36.7. The third kappa shape index (κ3) is 5.86. The summed E-state index contributed by atoms with van der Waals surface area (Å²) in [5, 5.41) is 12.6. The number of carboxylic acid groups (broad SMARTS) is 1. The lowest BCUT2D eigenvalue weighted by atomic mass is 9.35. The zero-order valence-electron chi connectivity index (χ0n) is 32.7. The van der Waals surface area contributed by atoms with Crippen LogP contribution in [0.5, 0.6) is 0 Å². The maximum atomic E-state index is 13.8. The molecule has 12 atom stereocenters. The van der Waals surface area contributed by atoms with Crippen molar-refractivity contribution in [1.82, 2.24) is 5.32 Å². The van der Waals surface area contributed by atoms with Crippen molar-refractivity contribution in [1.29, 1.82) is 0 Å². The van der Waals surface area contributed by atoms with Gasteiger partial charge in [0.1, 0.15) is 5.78 Å². The predicted molar refractivity (Wildman–Crippen MR) is 197 cm³/mol. The van der Waals surface area contributed by atoms with Crippen LogP contribution in [0.1, 0.15) is 139 Å². The van der Waals surface area contributed by atoms with Crippen LogP contribution in [0.25, 0.3) is 0 Å². The number of aliphatic carboxylic acids is 1. The molecule has 280 valence electrons. The smallest absolute Gasteiger partial charge is 0.306 e. The first kappa shape index (κ1) is 37.7. The Morgan fingerprint density at radius 3 is 2.20 bits per heavy atom. The highest BCUT2D eigenvalue weighted by Crippen LogP contribution is 2.74. The second kappa shape index (κ2) is 13.1. The number of hydrogen-bond acceptors (Lipinski definition) is 5. The van der Waals surface area contributed by atoms with Gasteiger partial charge in [0, 0.05) is 43.2 Å². The number of amides is 1. The molecule has 1 amide bonds. The molecular formula is C43H68N2O5. The topological polar surface area (TPSA) is 127 Å². The number of ketones is 2. The van der Waals surface area contributed by atoms with E-state index in [9.17, 15) is 24.3 Å². The second-order valence-corrected chi connectivity index (χ2v) is 20.1. The van der Waals surface area contributed by atoms with Gasteiger partial charge >= 0.3 is 5.97 Å². The molecule has 6 aliphatic rings. The van der Waals surface area contributed by atoms with E-state index in [0.717, 1.165) is 44.1 Å². The Morgan fingerprint density at radius 2 is 1.58 bits per heavy atom. The van der Waals surface area contributed by atoms with Crippen molar-refractivity contribution in [2.45, 2.75) is 145 Å². The maximum Gasteiger partial charge on any atom is 0.306 e. The Kier molecular flexibility index (Phi) is 9.91. The van der Waals surface area contributed by atoms with Gasteiger partial charge in [-0.2, -0.15) is 0 Å². The van der Waals surface area contributed by atoms with Crippen LogP contribution < -0.4 is 11.1 Å². The summed E-state index contributed by atoms with van der Waals surface area (Å²) in [7, 11) is 0. The summed E-state index contributed by atoms with van der Waals surface area (Å²) in [5.74, 6) is 2.12. The minimum absolute atomic E-state index is 0.0358. The van der Waals surface area contributed by atoms with Gasteiger partial charge in [0.15, 0.2) is 5.78 Å². The molecule has 0 aromatic heterocycles. The van der Waals surface area contributed by atoms with Gasteiger partial charge in [-0.05, 0) is 127 Å². The Morgan fingerprint density at radius 1 is 0.900 bits per heavy atom. The molecule has 0 heterocycles. The number of fused-ring (bicyclic) bond motifs is 7. The Bertz CT molecular complexity index is 1430. The van der Waals surface area contributed by atoms with Crippen molar-refractivity contribution in [3.8, 4) is 0 Å². The molecule has 7 heteroatoms. The minimum atomic E-state index is -0.761. The van der Waals surface area contributed by atoms with Crippen molar-refractivity contribution in [2.75, 3.05) is 6.54 Å². The van der Waals surface area contributed by atoms with Gasteiger partial charge in [0.2, 0.25) is 5.91 Å². The predicted octanol–water partition coefficient (Wildman–Crippen LogP) is 8.00. The Hall–Kier alpha value is -2.02. The molecular weight excluding hydrogens is 624 g/mol. The van der Waals surface area contributed by atoms with E-state index in [0.29, 0.717) is 73.5 Å². The van der Waals surface area contributed by atoms with E-state index in [4.69, 9.17) is 5.73 Å². The van der Waals surface area contributed by atoms with Crippen LogP contribution in [0.2, 0.25) is 0 Å². The molecule has 0 radical (unpaired) electrons. The van der Waals surface area contributed by atoms with E-state index in [1.807, 2.05) is 6.92 Å². The fourth-order valence-corrected chi connectivity index (χ4v) is 13.8. The molecule has 6 aliphatic carbocycles. The first-order chi connectivity index (χ1) is 23.3. The SMILES string of the molecule is CC(C)C1=C2C3CCC4C(C)(CCC5C(C)(C)C(CC(=O)C6CC(C(=O)O)C6C)CCC54C)C3CCC2(CC(=O)NCC(N)C(C)C)CC1=O. The number of carbonyl (C=O) groups is 4. The molecule has 0 aliphatic heterocycles. The molecule has 50 heavy (non-hydrogen) atoms. The molecule has 12 unspecified atom stereocenters. The number of rotatable bonds is 10. The molecule has 0 bridgehead atoms. The highest BCUT2D eigenvalue weighted by atomic mass is 16.4. The summed E-state index contributed by atoms with van der Waals surface area (Å²) in [4.78, 5) is 52.5. The Labute approximate surface area is 302 Å². The van der Waals surface area contributed by atoms with Crippen molar-refractivity contribution in [3.63, 3.8) is 0 Å². The van der Waals surface area contributed by atoms with E-state index in [-0.39, 0.29) is 63.1 Å². The van der Waals surface area contributed by atoms with E-state index in [2.05, 4.69) is 60.7 Å². The summed E-state index contributed by atoms with van der Waals surface area (Å²) in [6, 6.07) is -0.0797. The van der Waals surface area contributed by atoms with E-state index < -0.39 is 5.97 Å². The normalized spacial score (nSPS) is 42.6. The number of hydrogen-bond donors (Lipinski definition) is 3. The molecule has 5 saturated carbocycles. The van der Waals surface area contributed by atoms with Gasteiger partial charge in [-0.25, -0.2) is 0 Å². The van der Waals surface area contributed by atoms with Gasteiger partial charge < -0.3 is 16.2 Å². The van der Waals surface area contributed by atoms with E-state index in [1.54, 1.807) is 0 Å². The fraction of sp³-hybridized carbons (Fsp3) is 0.860. The summed E-state index contributed by atoms with van der Waals surface area (Å²) >= 11 is 0. The molecule has 0 aromatic carbocycles. The quantitative estimate of drug-likeness (QED) is 0.213. The second-order valence-electron chi connectivity index (χ2n) is 20.1. The first-order valence-electron chi connectivity index (χ1n) is 20.3. The number of carbonyl (C=O) groups excluding carboxylic acids is 3. The van der Waals surface area contributed by atoms with Crippen LogP contribution in [0.15, 0.2) is 11.1 Å². The summed E-state index contributed by atoms with van der Waals surface area (Å²) in [6.45, 7) is 21.0. The lowest BCUT2D eigenvalue weighted by Crippen LogP contribution is -2.62. The minimum Gasteiger partial charge on any atom is -0.481 e. The third-order valence-electron chi connectivity index (χ3n) is 16.8. The molecule has 0 saturated heterocycles. The van der Waals surface area contributed by atoms with Gasteiger partial charge in [-0.1, -0.05) is 67.9 Å². The van der Waals surface area contributed by atoms with Crippen LogP contribution in [-0.4, -0.2) is 41.1 Å². The molecule has 4 N–H and O–H groups in total. The molecule has 0 aromatic rings. The first-order valence-corrected chi connectivity index (χ1v) is 20.3. The number of nitrogens with one attached hydrogen (secondary N) is 1. The number of Topliss-reactive ketones (excluding diaryl/α,β-unsaturated/α-hetero) is 2. The standard InChI is InChI=1S/C43H68N2O5/c1-23(2)31(44)22-45-36(48)21-43-17-13-30-27(38(43)37(24(3)4)33(47)20-43)10-11-35-41(30,8)16-14-34-40(6,7)26(12-15-42(34,35)9)18-32(46)28-19-29(25(28)5)39(49)50/h23-31,34-35H,10-22,44H2,1-9H3,(H,45,48)(H,49,50). The van der Waals surface area contributed by atoms with Gasteiger partial charge in [0.05, 0.1) is 5.92 Å². The van der Waals surface area contributed by atoms with Crippen LogP contribution in [-0.2, 0) is 19.2 Å². The van der Waals surface area contributed by atoms with Gasteiger partial charge in [-0.3, -0.25) is 19.2 Å². The number of carboxylic acids is 1. The van der Waals surface area contributed by atoms with Crippen LogP contribution in [0, 0.1) is 80.8 Å². The molecule has 0 spiro atoms. The largest absolute Gasteiger partial charge is 0.481 e. The van der Waals surface area contributed by atoms with Crippen LogP contribution >= 0.6 is 0 Å². The van der Waals surface area contributed by atoms with Crippen LogP contribution in [0.3, 0.4) is 0 Å². The van der Waals surface area contributed by atoms with Crippen molar-refractivity contribution in [3.05, 3.63) is 11.1 Å². The molecule has 7 nitrogen and oxygen atoms in total. The highest BCUT2D eigenvalue weighted by molar-refractivity contribution is 6.01.